The lowest BCUT2D eigenvalue weighted by atomic mass is 9.92. The van der Waals surface area contributed by atoms with Crippen molar-refractivity contribution in [3.8, 4) is 0 Å². The van der Waals surface area contributed by atoms with Gasteiger partial charge in [0.05, 0.1) is 12.2 Å². The topological polar surface area (TPSA) is 26.3 Å². The van der Waals surface area contributed by atoms with Gasteiger partial charge in [-0.05, 0) is 37.3 Å². The van der Waals surface area contributed by atoms with E-state index < -0.39 is 0 Å². The predicted molar refractivity (Wildman–Crippen MR) is 73.0 cm³/mol. The molecule has 94 valence electrons. The Balaban J connectivity index is 2.25. The van der Waals surface area contributed by atoms with Gasteiger partial charge in [-0.15, -0.1) is 0 Å². The molecule has 0 saturated heterocycles. The van der Waals surface area contributed by atoms with E-state index in [0.29, 0.717) is 6.61 Å². The minimum absolute atomic E-state index is 0.195. The van der Waals surface area contributed by atoms with Gasteiger partial charge in [-0.1, -0.05) is 42.5 Å². The zero-order valence-electron chi connectivity index (χ0n) is 10.7. The fourth-order valence-electron chi connectivity index (χ4n) is 2.13. The van der Waals surface area contributed by atoms with Gasteiger partial charge in [0.25, 0.3) is 0 Å². The van der Waals surface area contributed by atoms with Crippen LogP contribution in [-0.4, -0.2) is 12.6 Å². The Labute approximate surface area is 108 Å². The lowest BCUT2D eigenvalue weighted by Crippen LogP contribution is -2.12. The highest BCUT2D eigenvalue weighted by Gasteiger charge is 2.18. The molecular formula is C16H18O2. The quantitative estimate of drug-likeness (QED) is 0.755. The Hall–Kier alpha value is -1.83. The Kier molecular flexibility index (Phi) is 4.35. The third-order valence-corrected chi connectivity index (χ3v) is 2.98. The van der Waals surface area contributed by atoms with Crippen molar-refractivity contribution in [3.05, 3.63) is 53.1 Å². The van der Waals surface area contributed by atoms with Crippen molar-refractivity contribution in [2.75, 3.05) is 6.61 Å². The van der Waals surface area contributed by atoms with E-state index in [1.54, 1.807) is 0 Å². The molecule has 0 fully saturated rings. The molecule has 1 aromatic rings. The highest BCUT2D eigenvalue weighted by atomic mass is 16.5. The zero-order chi connectivity index (χ0) is 12.8. The van der Waals surface area contributed by atoms with E-state index in [-0.39, 0.29) is 5.97 Å². The number of allylic oxidation sites excluding steroid dienone is 1. The predicted octanol–water partition coefficient (Wildman–Crippen LogP) is 3.74. The summed E-state index contributed by atoms with van der Waals surface area (Å²) in [6.07, 6.45) is 7.08. The van der Waals surface area contributed by atoms with Crippen molar-refractivity contribution in [1.82, 2.24) is 0 Å². The molecule has 0 aromatic heterocycles. The molecule has 0 N–H and O–H groups in total. The number of ether oxygens (including phenoxy) is 1. The maximum Gasteiger partial charge on any atom is 0.338 e. The molecule has 2 heteroatoms. The number of carbonyl (C=O) groups is 1. The first-order valence-electron chi connectivity index (χ1n) is 6.44. The lowest BCUT2D eigenvalue weighted by molar-refractivity contribution is -0.138. The first kappa shape index (κ1) is 12.6. The molecule has 0 bridgehead atoms. The lowest BCUT2D eigenvalue weighted by Gasteiger charge is -2.15. The van der Waals surface area contributed by atoms with Crippen LogP contribution in [-0.2, 0) is 9.53 Å². The highest BCUT2D eigenvalue weighted by molar-refractivity contribution is 5.95. The summed E-state index contributed by atoms with van der Waals surface area (Å²) in [5.41, 5.74) is 2.96. The SMILES string of the molecule is CCOC(=O)C1=CCCC/C1=C\c1ccccc1. The van der Waals surface area contributed by atoms with Gasteiger partial charge in [0.15, 0.2) is 0 Å². The standard InChI is InChI=1S/C16H18O2/c1-2-18-16(17)15-11-7-6-10-14(15)12-13-8-4-3-5-9-13/h3-5,8-9,11-12H,2,6-7,10H2,1H3/b14-12+. The van der Waals surface area contributed by atoms with Crippen LogP contribution < -0.4 is 0 Å². The van der Waals surface area contributed by atoms with Gasteiger partial charge in [-0.25, -0.2) is 4.79 Å². The number of esters is 1. The van der Waals surface area contributed by atoms with Crippen LogP contribution in [0.5, 0.6) is 0 Å². The number of hydrogen-bond acceptors (Lipinski definition) is 2. The van der Waals surface area contributed by atoms with Crippen LogP contribution in [0.15, 0.2) is 47.6 Å². The van der Waals surface area contributed by atoms with E-state index in [0.717, 1.165) is 36.0 Å². The second kappa shape index (κ2) is 6.20. The summed E-state index contributed by atoms with van der Waals surface area (Å²) in [6, 6.07) is 10.1. The van der Waals surface area contributed by atoms with E-state index in [4.69, 9.17) is 4.74 Å². The van der Waals surface area contributed by atoms with Crippen LogP contribution in [0, 0.1) is 0 Å². The van der Waals surface area contributed by atoms with Crippen molar-refractivity contribution in [3.63, 3.8) is 0 Å². The van der Waals surface area contributed by atoms with E-state index in [9.17, 15) is 4.79 Å². The third kappa shape index (κ3) is 3.10. The summed E-state index contributed by atoms with van der Waals surface area (Å²) in [6.45, 7) is 2.26. The maximum absolute atomic E-state index is 11.9. The maximum atomic E-state index is 11.9. The fraction of sp³-hybridized carbons (Fsp3) is 0.312. The van der Waals surface area contributed by atoms with Crippen LogP contribution in [0.4, 0.5) is 0 Å². The van der Waals surface area contributed by atoms with Gasteiger partial charge in [0.1, 0.15) is 0 Å². The Morgan fingerprint density at radius 3 is 2.83 bits per heavy atom. The molecule has 1 aliphatic carbocycles. The van der Waals surface area contributed by atoms with Crippen LogP contribution in [0.3, 0.4) is 0 Å². The van der Waals surface area contributed by atoms with E-state index >= 15 is 0 Å². The van der Waals surface area contributed by atoms with E-state index in [1.165, 1.54) is 0 Å². The van der Waals surface area contributed by atoms with Gasteiger partial charge in [0.2, 0.25) is 0 Å². The first-order valence-corrected chi connectivity index (χ1v) is 6.44. The number of carbonyl (C=O) groups excluding carboxylic acids is 1. The molecule has 0 amide bonds. The molecule has 2 nitrogen and oxygen atoms in total. The molecular weight excluding hydrogens is 224 g/mol. The molecule has 1 aromatic carbocycles. The second-order valence-electron chi connectivity index (χ2n) is 4.31. The third-order valence-electron chi connectivity index (χ3n) is 2.98. The molecule has 1 aliphatic rings. The van der Waals surface area contributed by atoms with Gasteiger partial charge in [0, 0.05) is 0 Å². The van der Waals surface area contributed by atoms with Gasteiger partial charge >= 0.3 is 5.97 Å². The molecule has 0 atom stereocenters. The monoisotopic (exact) mass is 242 g/mol. The summed E-state index contributed by atoms with van der Waals surface area (Å²) >= 11 is 0. The summed E-state index contributed by atoms with van der Waals surface area (Å²) in [5, 5.41) is 0. The number of rotatable bonds is 3. The Morgan fingerprint density at radius 1 is 1.33 bits per heavy atom. The minimum Gasteiger partial charge on any atom is -0.462 e. The van der Waals surface area contributed by atoms with Crippen LogP contribution in [0.2, 0.25) is 0 Å². The molecule has 18 heavy (non-hydrogen) atoms. The summed E-state index contributed by atoms with van der Waals surface area (Å²) in [5.74, 6) is -0.195. The van der Waals surface area contributed by atoms with Crippen molar-refractivity contribution in [1.29, 1.82) is 0 Å². The Bertz CT molecular complexity index is 469. The zero-order valence-corrected chi connectivity index (χ0v) is 10.7. The van der Waals surface area contributed by atoms with Gasteiger partial charge < -0.3 is 4.74 Å². The van der Waals surface area contributed by atoms with E-state index in [2.05, 4.69) is 6.08 Å². The molecule has 0 spiro atoms. The summed E-state index contributed by atoms with van der Waals surface area (Å²) < 4.78 is 5.10. The molecule has 0 aliphatic heterocycles. The molecule has 0 unspecified atom stereocenters. The molecule has 2 rings (SSSR count). The minimum atomic E-state index is -0.195. The van der Waals surface area contributed by atoms with Crippen molar-refractivity contribution in [2.45, 2.75) is 26.2 Å². The summed E-state index contributed by atoms with van der Waals surface area (Å²) in [4.78, 5) is 11.9. The van der Waals surface area contributed by atoms with Crippen molar-refractivity contribution in [2.24, 2.45) is 0 Å². The number of benzene rings is 1. The average molecular weight is 242 g/mol. The van der Waals surface area contributed by atoms with E-state index in [1.807, 2.05) is 43.3 Å². The van der Waals surface area contributed by atoms with Crippen LogP contribution in [0.1, 0.15) is 31.7 Å². The molecule has 0 saturated carbocycles. The van der Waals surface area contributed by atoms with Crippen LogP contribution in [0.25, 0.3) is 6.08 Å². The van der Waals surface area contributed by atoms with Gasteiger partial charge in [-0.3, -0.25) is 0 Å². The largest absolute Gasteiger partial charge is 0.462 e. The first-order chi connectivity index (χ1) is 8.81. The van der Waals surface area contributed by atoms with Gasteiger partial charge in [-0.2, -0.15) is 0 Å². The molecule has 0 heterocycles. The normalized spacial score (nSPS) is 17.4. The van der Waals surface area contributed by atoms with Crippen molar-refractivity contribution >= 4 is 12.0 Å². The summed E-state index contributed by atoms with van der Waals surface area (Å²) in [7, 11) is 0. The van der Waals surface area contributed by atoms with Crippen molar-refractivity contribution < 1.29 is 9.53 Å². The number of hydrogen-bond donors (Lipinski definition) is 0. The Morgan fingerprint density at radius 2 is 2.11 bits per heavy atom. The second-order valence-corrected chi connectivity index (χ2v) is 4.31. The smallest absolute Gasteiger partial charge is 0.338 e. The fourth-order valence-corrected chi connectivity index (χ4v) is 2.13. The average Bonchev–Trinajstić information content (AvgIpc) is 2.41. The highest BCUT2D eigenvalue weighted by Crippen LogP contribution is 2.27. The molecule has 0 radical (unpaired) electrons. The van der Waals surface area contributed by atoms with Crippen LogP contribution >= 0.6 is 0 Å².